The molecule has 0 fully saturated rings. The molecule has 7 heteroatoms. The van der Waals surface area contributed by atoms with Gasteiger partial charge in [0.2, 0.25) is 0 Å². The van der Waals surface area contributed by atoms with E-state index in [1.165, 1.54) is 6.92 Å². The molecule has 0 aromatic heterocycles. The van der Waals surface area contributed by atoms with Crippen LogP contribution in [0.3, 0.4) is 0 Å². The Morgan fingerprint density at radius 3 is 2.41 bits per heavy atom. The molecule has 1 aromatic carbocycles. The highest BCUT2D eigenvalue weighted by molar-refractivity contribution is 6.35. The molecule has 0 saturated heterocycles. The fraction of sp³-hybridized carbons (Fsp3) is 0.300. The third kappa shape index (κ3) is 3.26. The SMILES string of the molecule is CCOC(=O)c1cc(Cl)cc(Cl)c1C(F)(F)F. The summed E-state index contributed by atoms with van der Waals surface area (Å²) in [4.78, 5) is 11.4. The van der Waals surface area contributed by atoms with Crippen LogP contribution in [0.2, 0.25) is 10.0 Å². The van der Waals surface area contributed by atoms with Gasteiger partial charge < -0.3 is 4.74 Å². The molecule has 1 aromatic rings. The quantitative estimate of drug-likeness (QED) is 0.762. The van der Waals surface area contributed by atoms with Gasteiger partial charge in [0.05, 0.1) is 22.8 Å². The summed E-state index contributed by atoms with van der Waals surface area (Å²) in [6, 6.07) is 1.81. The summed E-state index contributed by atoms with van der Waals surface area (Å²) in [7, 11) is 0. The molecule has 0 N–H and O–H groups in total. The molecule has 94 valence electrons. The second-order valence-electron chi connectivity index (χ2n) is 3.03. The van der Waals surface area contributed by atoms with Crippen molar-refractivity contribution < 1.29 is 22.7 Å². The van der Waals surface area contributed by atoms with E-state index in [0.717, 1.165) is 12.1 Å². The highest BCUT2D eigenvalue weighted by Crippen LogP contribution is 2.39. The summed E-state index contributed by atoms with van der Waals surface area (Å²) >= 11 is 11.0. The first kappa shape index (κ1) is 14.1. The third-order valence-corrected chi connectivity index (χ3v) is 2.35. The van der Waals surface area contributed by atoms with E-state index in [-0.39, 0.29) is 11.6 Å². The molecule has 0 spiro atoms. The minimum atomic E-state index is -4.75. The van der Waals surface area contributed by atoms with E-state index in [9.17, 15) is 18.0 Å². The molecule has 0 aliphatic heterocycles. The molecule has 2 nitrogen and oxygen atoms in total. The lowest BCUT2D eigenvalue weighted by Gasteiger charge is -2.14. The summed E-state index contributed by atoms with van der Waals surface area (Å²) in [6.45, 7) is 1.44. The molecule has 0 saturated carbocycles. The van der Waals surface area contributed by atoms with E-state index >= 15 is 0 Å². The normalized spacial score (nSPS) is 11.4. The number of esters is 1. The molecule has 0 heterocycles. The minimum absolute atomic E-state index is 0.0414. The smallest absolute Gasteiger partial charge is 0.418 e. The molecule has 0 bridgehead atoms. The molecule has 0 radical (unpaired) electrons. The zero-order valence-corrected chi connectivity index (χ0v) is 10.1. The first-order chi connectivity index (χ1) is 7.77. The Balaban J connectivity index is 3.41. The molecule has 0 aliphatic rings. The number of benzene rings is 1. The van der Waals surface area contributed by atoms with Crippen LogP contribution in [0.15, 0.2) is 12.1 Å². The van der Waals surface area contributed by atoms with Crippen LogP contribution in [0.5, 0.6) is 0 Å². The average Bonchev–Trinajstić information content (AvgIpc) is 2.14. The van der Waals surface area contributed by atoms with Gasteiger partial charge in [-0.2, -0.15) is 13.2 Å². The van der Waals surface area contributed by atoms with E-state index in [4.69, 9.17) is 23.2 Å². The summed E-state index contributed by atoms with van der Waals surface area (Å²) in [5, 5.41) is -0.695. The van der Waals surface area contributed by atoms with Crippen molar-refractivity contribution in [3.8, 4) is 0 Å². The lowest BCUT2D eigenvalue weighted by molar-refractivity contribution is -0.138. The Morgan fingerprint density at radius 1 is 1.35 bits per heavy atom. The van der Waals surface area contributed by atoms with Crippen molar-refractivity contribution in [2.75, 3.05) is 6.61 Å². The third-order valence-electron chi connectivity index (χ3n) is 1.83. The number of hydrogen-bond donors (Lipinski definition) is 0. The molecular formula is C10H7Cl2F3O2. The highest BCUT2D eigenvalue weighted by Gasteiger charge is 2.38. The predicted octanol–water partition coefficient (Wildman–Crippen LogP) is 4.19. The molecule has 0 atom stereocenters. The predicted molar refractivity (Wildman–Crippen MR) is 57.4 cm³/mol. The van der Waals surface area contributed by atoms with Gasteiger partial charge in [-0.25, -0.2) is 4.79 Å². The van der Waals surface area contributed by atoms with Gasteiger partial charge in [0.25, 0.3) is 0 Å². The number of carbonyl (C=O) groups excluding carboxylic acids is 1. The maximum absolute atomic E-state index is 12.7. The largest absolute Gasteiger partial charge is 0.462 e. The van der Waals surface area contributed by atoms with Crippen LogP contribution in [0.25, 0.3) is 0 Å². The van der Waals surface area contributed by atoms with E-state index in [1.807, 2.05) is 0 Å². The molecule has 1 rings (SSSR count). The minimum Gasteiger partial charge on any atom is -0.462 e. The number of rotatable bonds is 2. The van der Waals surface area contributed by atoms with E-state index < -0.39 is 28.3 Å². The van der Waals surface area contributed by atoms with Gasteiger partial charge >= 0.3 is 12.1 Å². The topological polar surface area (TPSA) is 26.3 Å². The molecule has 0 aliphatic carbocycles. The van der Waals surface area contributed by atoms with Crippen LogP contribution in [-0.2, 0) is 10.9 Å². The van der Waals surface area contributed by atoms with Crippen molar-refractivity contribution in [3.05, 3.63) is 33.3 Å². The van der Waals surface area contributed by atoms with Crippen molar-refractivity contribution in [2.24, 2.45) is 0 Å². The first-order valence-corrected chi connectivity index (χ1v) is 5.26. The lowest BCUT2D eigenvalue weighted by atomic mass is 10.1. The second kappa shape index (κ2) is 5.14. The summed E-state index contributed by atoms with van der Waals surface area (Å²) in [5.74, 6) is -1.11. The number of ether oxygens (including phenoxy) is 1. The number of halogens is 5. The summed E-state index contributed by atoms with van der Waals surface area (Å²) in [6.07, 6.45) is -4.75. The van der Waals surface area contributed by atoms with E-state index in [2.05, 4.69) is 4.74 Å². The van der Waals surface area contributed by atoms with Crippen LogP contribution in [0.1, 0.15) is 22.8 Å². The van der Waals surface area contributed by atoms with Gasteiger partial charge in [-0.1, -0.05) is 23.2 Å². The van der Waals surface area contributed by atoms with Crippen LogP contribution < -0.4 is 0 Å². The Hall–Kier alpha value is -0.940. The number of carbonyl (C=O) groups is 1. The van der Waals surface area contributed by atoms with Crippen molar-refractivity contribution in [2.45, 2.75) is 13.1 Å². The number of alkyl halides is 3. The average molecular weight is 287 g/mol. The zero-order chi connectivity index (χ0) is 13.2. The van der Waals surface area contributed by atoms with Crippen molar-refractivity contribution in [1.82, 2.24) is 0 Å². The van der Waals surface area contributed by atoms with Crippen molar-refractivity contribution >= 4 is 29.2 Å². The van der Waals surface area contributed by atoms with Gasteiger partial charge in [0, 0.05) is 5.02 Å². The lowest BCUT2D eigenvalue weighted by Crippen LogP contribution is -2.16. The fourth-order valence-corrected chi connectivity index (χ4v) is 1.83. The van der Waals surface area contributed by atoms with Gasteiger partial charge in [0.1, 0.15) is 0 Å². The van der Waals surface area contributed by atoms with Crippen LogP contribution in [0.4, 0.5) is 13.2 Å². The van der Waals surface area contributed by atoms with E-state index in [1.54, 1.807) is 0 Å². The van der Waals surface area contributed by atoms with Gasteiger partial charge in [-0.05, 0) is 19.1 Å². The Morgan fingerprint density at radius 2 is 1.94 bits per heavy atom. The maximum atomic E-state index is 12.7. The van der Waals surface area contributed by atoms with E-state index in [0.29, 0.717) is 0 Å². The fourth-order valence-electron chi connectivity index (χ4n) is 1.23. The first-order valence-electron chi connectivity index (χ1n) is 4.50. The monoisotopic (exact) mass is 286 g/mol. The maximum Gasteiger partial charge on any atom is 0.418 e. The standard InChI is InChI=1S/C10H7Cl2F3O2/c1-2-17-9(16)6-3-5(11)4-7(12)8(6)10(13,14)15/h3-4H,2H2,1H3. The van der Waals surface area contributed by atoms with Gasteiger partial charge in [-0.15, -0.1) is 0 Å². The Kier molecular flexibility index (Phi) is 4.27. The van der Waals surface area contributed by atoms with Crippen molar-refractivity contribution in [1.29, 1.82) is 0 Å². The second-order valence-corrected chi connectivity index (χ2v) is 3.87. The number of hydrogen-bond acceptors (Lipinski definition) is 2. The van der Waals surface area contributed by atoms with Gasteiger partial charge in [0.15, 0.2) is 0 Å². The summed E-state index contributed by atoms with van der Waals surface area (Å²) < 4.78 is 42.6. The van der Waals surface area contributed by atoms with Crippen LogP contribution in [-0.4, -0.2) is 12.6 Å². The highest BCUT2D eigenvalue weighted by atomic mass is 35.5. The zero-order valence-electron chi connectivity index (χ0n) is 8.57. The Labute approximate surface area is 105 Å². The molecular weight excluding hydrogens is 280 g/mol. The molecule has 17 heavy (non-hydrogen) atoms. The van der Waals surface area contributed by atoms with Crippen molar-refractivity contribution in [3.63, 3.8) is 0 Å². The molecule has 0 unspecified atom stereocenters. The van der Waals surface area contributed by atoms with Crippen LogP contribution >= 0.6 is 23.2 Å². The Bertz CT molecular complexity index is 444. The summed E-state index contributed by atoms with van der Waals surface area (Å²) in [5.41, 5.74) is -1.92. The van der Waals surface area contributed by atoms with Gasteiger partial charge in [-0.3, -0.25) is 0 Å². The van der Waals surface area contributed by atoms with Crippen LogP contribution in [0, 0.1) is 0 Å². The molecule has 0 amide bonds.